The van der Waals surface area contributed by atoms with E-state index in [4.69, 9.17) is 0 Å². The Kier molecular flexibility index (Phi) is 3.23. The molecule has 0 bridgehead atoms. The number of fused-ring (bicyclic) bond motifs is 1. The van der Waals surface area contributed by atoms with Crippen molar-refractivity contribution in [2.75, 3.05) is 0 Å². The van der Waals surface area contributed by atoms with E-state index in [-0.39, 0.29) is 0 Å². The maximum Gasteiger partial charge on any atom is 0.0403 e. The van der Waals surface area contributed by atoms with Gasteiger partial charge in [-0.3, -0.25) is 9.97 Å². The van der Waals surface area contributed by atoms with Crippen LogP contribution in [0.1, 0.15) is 23.9 Å². The molecule has 2 aromatic heterocycles. The fraction of sp³-hybridized carbons (Fsp3) is 0.222. The van der Waals surface area contributed by atoms with Gasteiger partial charge in [0.05, 0.1) is 0 Å². The minimum absolute atomic E-state index is 0.974. The van der Waals surface area contributed by atoms with Crippen molar-refractivity contribution in [3.05, 3.63) is 59.7 Å². The molecule has 0 N–H and O–H groups in total. The second kappa shape index (κ2) is 5.04. The molecule has 0 radical (unpaired) electrons. The van der Waals surface area contributed by atoms with Crippen molar-refractivity contribution in [3.8, 4) is 11.1 Å². The van der Waals surface area contributed by atoms with Gasteiger partial charge in [-0.1, -0.05) is 19.1 Å². The number of benzene rings is 1. The van der Waals surface area contributed by atoms with Gasteiger partial charge in [0.2, 0.25) is 0 Å². The predicted octanol–water partition coefficient (Wildman–Crippen LogP) is 4.48. The molecule has 1 aromatic carbocycles. The van der Waals surface area contributed by atoms with Gasteiger partial charge in [0.1, 0.15) is 0 Å². The van der Waals surface area contributed by atoms with Crippen LogP contribution in [-0.2, 0) is 6.42 Å². The van der Waals surface area contributed by atoms with E-state index in [1.54, 1.807) is 0 Å². The van der Waals surface area contributed by atoms with Crippen LogP contribution in [0, 0.1) is 13.8 Å². The minimum Gasteiger partial charge on any atom is -0.261 e. The molecule has 0 aliphatic carbocycles. The second-order valence-electron chi connectivity index (χ2n) is 5.23. The number of nitrogens with zero attached hydrogens (tertiary/aromatic N) is 2. The molecule has 2 heteroatoms. The predicted molar refractivity (Wildman–Crippen MR) is 83.8 cm³/mol. The number of rotatable bonds is 2. The molecule has 0 saturated carbocycles. The van der Waals surface area contributed by atoms with Gasteiger partial charge >= 0.3 is 0 Å². The first-order valence-corrected chi connectivity index (χ1v) is 6.99. The van der Waals surface area contributed by atoms with Gasteiger partial charge in [-0.2, -0.15) is 0 Å². The summed E-state index contributed by atoms with van der Waals surface area (Å²) in [5, 5.41) is 2.41. The van der Waals surface area contributed by atoms with E-state index >= 15 is 0 Å². The van der Waals surface area contributed by atoms with Gasteiger partial charge in [-0.25, -0.2) is 0 Å². The van der Waals surface area contributed by atoms with E-state index in [1.165, 1.54) is 27.5 Å². The lowest BCUT2D eigenvalue weighted by molar-refractivity contribution is 1.03. The Bertz CT molecular complexity index is 775. The molecule has 0 saturated heterocycles. The van der Waals surface area contributed by atoms with E-state index in [0.29, 0.717) is 0 Å². The van der Waals surface area contributed by atoms with Crippen molar-refractivity contribution in [2.24, 2.45) is 0 Å². The van der Waals surface area contributed by atoms with Gasteiger partial charge in [0.25, 0.3) is 0 Å². The number of aryl methyl sites for hydroxylation is 3. The standard InChI is InChI=1S/C18H18N2/c1-4-17-7-12(2)18(11-20-17)15-6-5-14-8-13(3)19-10-16(14)9-15/h5-11H,4H2,1-3H3. The van der Waals surface area contributed by atoms with Gasteiger partial charge in [-0.05, 0) is 55.0 Å². The van der Waals surface area contributed by atoms with Crippen LogP contribution in [0.25, 0.3) is 21.9 Å². The summed E-state index contributed by atoms with van der Waals surface area (Å²) in [4.78, 5) is 8.89. The molecule has 0 unspecified atom stereocenters. The molecule has 3 rings (SSSR count). The van der Waals surface area contributed by atoms with Crippen LogP contribution in [0.15, 0.2) is 42.7 Å². The molecule has 0 aliphatic heterocycles. The molecule has 0 atom stereocenters. The molecule has 20 heavy (non-hydrogen) atoms. The van der Waals surface area contributed by atoms with Crippen LogP contribution < -0.4 is 0 Å². The number of hydrogen-bond donors (Lipinski definition) is 0. The van der Waals surface area contributed by atoms with Crippen LogP contribution in [-0.4, -0.2) is 9.97 Å². The SMILES string of the molecule is CCc1cc(C)c(-c2ccc3cc(C)ncc3c2)cn1. The summed E-state index contributed by atoms with van der Waals surface area (Å²) < 4.78 is 0. The Morgan fingerprint density at radius 3 is 2.50 bits per heavy atom. The zero-order valence-electron chi connectivity index (χ0n) is 12.1. The van der Waals surface area contributed by atoms with Crippen molar-refractivity contribution in [2.45, 2.75) is 27.2 Å². The Balaban J connectivity index is 2.12. The van der Waals surface area contributed by atoms with Crippen LogP contribution in [0.3, 0.4) is 0 Å². The average Bonchev–Trinajstić information content (AvgIpc) is 2.46. The normalized spacial score (nSPS) is 10.9. The zero-order chi connectivity index (χ0) is 14.1. The van der Waals surface area contributed by atoms with Gasteiger partial charge in [0.15, 0.2) is 0 Å². The Morgan fingerprint density at radius 1 is 0.900 bits per heavy atom. The van der Waals surface area contributed by atoms with E-state index in [9.17, 15) is 0 Å². The molecule has 0 aliphatic rings. The third-order valence-corrected chi connectivity index (χ3v) is 3.70. The van der Waals surface area contributed by atoms with E-state index in [2.05, 4.69) is 54.1 Å². The Morgan fingerprint density at radius 2 is 1.75 bits per heavy atom. The first-order valence-electron chi connectivity index (χ1n) is 6.99. The third kappa shape index (κ3) is 2.29. The van der Waals surface area contributed by atoms with E-state index in [1.807, 2.05) is 19.3 Å². The Labute approximate surface area is 119 Å². The summed E-state index contributed by atoms with van der Waals surface area (Å²) in [5.41, 5.74) is 5.87. The van der Waals surface area contributed by atoms with Crippen LogP contribution in [0.5, 0.6) is 0 Å². The lowest BCUT2D eigenvalue weighted by atomic mass is 9.99. The summed E-state index contributed by atoms with van der Waals surface area (Å²) in [5.74, 6) is 0. The highest BCUT2D eigenvalue weighted by Crippen LogP contribution is 2.26. The molecule has 100 valence electrons. The highest BCUT2D eigenvalue weighted by molar-refractivity contribution is 5.87. The maximum absolute atomic E-state index is 4.51. The molecule has 0 amide bonds. The molecule has 3 aromatic rings. The summed E-state index contributed by atoms with van der Waals surface area (Å²) in [7, 11) is 0. The second-order valence-corrected chi connectivity index (χ2v) is 5.23. The minimum atomic E-state index is 0.974. The molecule has 0 fully saturated rings. The fourth-order valence-electron chi connectivity index (χ4n) is 2.53. The van der Waals surface area contributed by atoms with Gasteiger partial charge < -0.3 is 0 Å². The molecular formula is C18H18N2. The zero-order valence-corrected chi connectivity index (χ0v) is 12.1. The number of hydrogen-bond acceptors (Lipinski definition) is 2. The monoisotopic (exact) mass is 262 g/mol. The molecule has 2 nitrogen and oxygen atoms in total. The number of pyridine rings is 2. The average molecular weight is 262 g/mol. The highest BCUT2D eigenvalue weighted by Gasteiger charge is 2.05. The van der Waals surface area contributed by atoms with Crippen molar-refractivity contribution < 1.29 is 0 Å². The van der Waals surface area contributed by atoms with Gasteiger partial charge in [-0.15, -0.1) is 0 Å². The quantitative estimate of drug-likeness (QED) is 0.680. The van der Waals surface area contributed by atoms with Gasteiger partial charge in [0, 0.05) is 34.7 Å². The third-order valence-electron chi connectivity index (χ3n) is 3.70. The Hall–Kier alpha value is -2.22. The van der Waals surface area contributed by atoms with Crippen molar-refractivity contribution in [1.29, 1.82) is 0 Å². The van der Waals surface area contributed by atoms with E-state index < -0.39 is 0 Å². The van der Waals surface area contributed by atoms with Crippen LogP contribution >= 0.6 is 0 Å². The van der Waals surface area contributed by atoms with Crippen molar-refractivity contribution in [1.82, 2.24) is 9.97 Å². The lowest BCUT2D eigenvalue weighted by Crippen LogP contribution is -1.91. The summed E-state index contributed by atoms with van der Waals surface area (Å²) in [6.45, 7) is 6.30. The largest absolute Gasteiger partial charge is 0.261 e. The molecule has 0 spiro atoms. The number of aromatic nitrogens is 2. The molecule has 2 heterocycles. The summed E-state index contributed by atoms with van der Waals surface area (Å²) >= 11 is 0. The first kappa shape index (κ1) is 12.8. The topological polar surface area (TPSA) is 25.8 Å². The summed E-state index contributed by atoms with van der Waals surface area (Å²) in [6.07, 6.45) is 4.90. The van der Waals surface area contributed by atoms with E-state index in [0.717, 1.165) is 17.8 Å². The highest BCUT2D eigenvalue weighted by atomic mass is 14.7. The fourth-order valence-corrected chi connectivity index (χ4v) is 2.53. The molecular weight excluding hydrogens is 244 g/mol. The van der Waals surface area contributed by atoms with Crippen molar-refractivity contribution >= 4 is 10.8 Å². The lowest BCUT2D eigenvalue weighted by Gasteiger charge is -2.08. The maximum atomic E-state index is 4.51. The van der Waals surface area contributed by atoms with Crippen LogP contribution in [0.2, 0.25) is 0 Å². The first-order chi connectivity index (χ1) is 9.67. The van der Waals surface area contributed by atoms with Crippen molar-refractivity contribution in [3.63, 3.8) is 0 Å². The van der Waals surface area contributed by atoms with Crippen LogP contribution in [0.4, 0.5) is 0 Å². The smallest absolute Gasteiger partial charge is 0.0403 e. The summed E-state index contributed by atoms with van der Waals surface area (Å²) in [6, 6.07) is 10.8.